The first kappa shape index (κ1) is 14.0. The summed E-state index contributed by atoms with van der Waals surface area (Å²) in [6.07, 6.45) is 12.4. The van der Waals surface area contributed by atoms with E-state index in [0.29, 0.717) is 5.92 Å². The maximum Gasteiger partial charge on any atom is 0.0685 e. The van der Waals surface area contributed by atoms with Crippen LogP contribution in [-0.2, 0) is 4.74 Å². The van der Waals surface area contributed by atoms with Crippen LogP contribution < -0.4 is 5.73 Å². The Bertz CT molecular complexity index is 449. The van der Waals surface area contributed by atoms with E-state index >= 15 is 0 Å². The number of aromatic nitrogens is 1. The van der Waals surface area contributed by atoms with Gasteiger partial charge in [0.2, 0.25) is 0 Å². The Labute approximate surface area is 121 Å². The van der Waals surface area contributed by atoms with Gasteiger partial charge in [-0.3, -0.25) is 4.98 Å². The van der Waals surface area contributed by atoms with Crippen LogP contribution in [0, 0.1) is 12.8 Å². The Kier molecular flexibility index (Phi) is 4.08. The van der Waals surface area contributed by atoms with E-state index in [1.54, 1.807) is 0 Å². The van der Waals surface area contributed by atoms with Crippen molar-refractivity contribution in [2.45, 2.75) is 63.5 Å². The van der Waals surface area contributed by atoms with Gasteiger partial charge in [-0.2, -0.15) is 0 Å². The van der Waals surface area contributed by atoms with Gasteiger partial charge in [0.15, 0.2) is 0 Å². The second kappa shape index (κ2) is 5.82. The Hall–Kier alpha value is -0.930. The summed E-state index contributed by atoms with van der Waals surface area (Å²) in [5, 5.41) is 0. The molecule has 110 valence electrons. The molecule has 1 aromatic rings. The normalized spacial score (nSPS) is 27.4. The molecule has 2 atom stereocenters. The van der Waals surface area contributed by atoms with Crippen molar-refractivity contribution >= 4 is 0 Å². The van der Waals surface area contributed by atoms with Crippen LogP contribution in [0.1, 0.15) is 62.1 Å². The third-order valence-electron chi connectivity index (χ3n) is 5.24. The van der Waals surface area contributed by atoms with Gasteiger partial charge in [-0.05, 0) is 55.7 Å². The summed E-state index contributed by atoms with van der Waals surface area (Å²) in [6, 6.07) is 2.16. The maximum absolute atomic E-state index is 6.56. The maximum atomic E-state index is 6.56. The number of nitrogens with two attached hydrogens (primary N) is 1. The smallest absolute Gasteiger partial charge is 0.0685 e. The first-order valence-electron chi connectivity index (χ1n) is 8.00. The molecule has 0 aromatic carbocycles. The van der Waals surface area contributed by atoms with Crippen LogP contribution in [0.2, 0.25) is 0 Å². The fourth-order valence-electron chi connectivity index (χ4n) is 4.00. The second-order valence-corrected chi connectivity index (χ2v) is 6.60. The van der Waals surface area contributed by atoms with E-state index in [4.69, 9.17) is 10.5 Å². The molecule has 2 N–H and O–H groups in total. The minimum absolute atomic E-state index is 0.103. The molecule has 1 saturated heterocycles. The SMILES string of the molecule is Cc1ccncc1C(N)C1CCOC2(CCCCC2)C1. The number of aryl methyl sites for hydroxylation is 1. The van der Waals surface area contributed by atoms with Gasteiger partial charge in [0.05, 0.1) is 5.60 Å². The van der Waals surface area contributed by atoms with Crippen LogP contribution >= 0.6 is 0 Å². The van der Waals surface area contributed by atoms with Gasteiger partial charge in [-0.15, -0.1) is 0 Å². The van der Waals surface area contributed by atoms with E-state index < -0.39 is 0 Å². The van der Waals surface area contributed by atoms with Crippen LogP contribution in [0.3, 0.4) is 0 Å². The van der Waals surface area contributed by atoms with Crippen molar-refractivity contribution in [1.82, 2.24) is 4.98 Å². The van der Waals surface area contributed by atoms with Gasteiger partial charge >= 0.3 is 0 Å². The first-order valence-corrected chi connectivity index (χ1v) is 8.00. The number of nitrogens with zero attached hydrogens (tertiary/aromatic N) is 1. The molecular formula is C17H26N2O. The molecule has 0 radical (unpaired) electrons. The minimum atomic E-state index is 0.103. The fraction of sp³-hybridized carbons (Fsp3) is 0.706. The zero-order valence-electron chi connectivity index (χ0n) is 12.5. The van der Waals surface area contributed by atoms with Crippen molar-refractivity contribution in [3.05, 3.63) is 29.6 Å². The van der Waals surface area contributed by atoms with Gasteiger partial charge < -0.3 is 10.5 Å². The summed E-state index contributed by atoms with van der Waals surface area (Å²) in [4.78, 5) is 4.25. The zero-order chi connectivity index (χ0) is 14.0. The number of hydrogen-bond acceptors (Lipinski definition) is 3. The highest BCUT2D eigenvalue weighted by atomic mass is 16.5. The Balaban J connectivity index is 1.75. The van der Waals surface area contributed by atoms with E-state index in [-0.39, 0.29) is 11.6 Å². The summed E-state index contributed by atoms with van der Waals surface area (Å²) < 4.78 is 6.18. The quantitative estimate of drug-likeness (QED) is 0.897. The number of ether oxygens (including phenoxy) is 1. The second-order valence-electron chi connectivity index (χ2n) is 6.60. The number of rotatable bonds is 2. The van der Waals surface area contributed by atoms with Crippen LogP contribution in [0.4, 0.5) is 0 Å². The highest BCUT2D eigenvalue weighted by Gasteiger charge is 2.40. The molecule has 2 fully saturated rings. The van der Waals surface area contributed by atoms with E-state index in [9.17, 15) is 0 Å². The molecule has 1 saturated carbocycles. The van der Waals surface area contributed by atoms with E-state index in [1.165, 1.54) is 43.2 Å². The molecule has 1 aromatic heterocycles. The molecular weight excluding hydrogens is 248 g/mol. The highest BCUT2D eigenvalue weighted by molar-refractivity contribution is 5.25. The van der Waals surface area contributed by atoms with Crippen LogP contribution in [0.15, 0.2) is 18.5 Å². The van der Waals surface area contributed by atoms with Crippen molar-refractivity contribution < 1.29 is 4.74 Å². The summed E-state index contributed by atoms with van der Waals surface area (Å²) in [5.74, 6) is 0.532. The molecule has 0 bridgehead atoms. The Morgan fingerprint density at radius 3 is 2.90 bits per heavy atom. The topological polar surface area (TPSA) is 48.1 Å². The average Bonchev–Trinajstić information content (AvgIpc) is 2.48. The molecule has 1 aliphatic heterocycles. The summed E-state index contributed by atoms with van der Waals surface area (Å²) in [5.41, 5.74) is 9.17. The van der Waals surface area contributed by atoms with Gasteiger partial charge in [0, 0.05) is 25.0 Å². The average molecular weight is 274 g/mol. The third-order valence-corrected chi connectivity index (χ3v) is 5.24. The van der Waals surface area contributed by atoms with Gasteiger partial charge in [0.25, 0.3) is 0 Å². The minimum Gasteiger partial charge on any atom is -0.375 e. The lowest BCUT2D eigenvalue weighted by atomic mass is 9.73. The molecule has 2 aliphatic rings. The molecule has 0 amide bonds. The van der Waals surface area contributed by atoms with Crippen molar-refractivity contribution in [1.29, 1.82) is 0 Å². The van der Waals surface area contributed by atoms with Crippen LogP contribution in [-0.4, -0.2) is 17.2 Å². The first-order chi connectivity index (χ1) is 9.70. The molecule has 2 unspecified atom stereocenters. The number of hydrogen-bond donors (Lipinski definition) is 1. The van der Waals surface area contributed by atoms with Crippen molar-refractivity contribution in [2.24, 2.45) is 11.7 Å². The third kappa shape index (κ3) is 2.75. The predicted octanol–water partition coefficient (Wildman–Crippen LogP) is 3.52. The standard InChI is InChI=1S/C17H26N2O/c1-13-5-9-19-12-15(13)16(18)14-6-10-20-17(11-14)7-3-2-4-8-17/h5,9,12,14,16H,2-4,6-8,10-11,18H2,1H3. The van der Waals surface area contributed by atoms with Crippen LogP contribution in [0.5, 0.6) is 0 Å². The molecule has 3 nitrogen and oxygen atoms in total. The molecule has 20 heavy (non-hydrogen) atoms. The fourth-order valence-corrected chi connectivity index (χ4v) is 4.00. The highest BCUT2D eigenvalue weighted by Crippen LogP contribution is 2.43. The molecule has 1 aliphatic carbocycles. The van der Waals surface area contributed by atoms with E-state index in [2.05, 4.69) is 18.0 Å². The Morgan fingerprint density at radius 1 is 1.35 bits per heavy atom. The number of pyridine rings is 1. The van der Waals surface area contributed by atoms with Crippen LogP contribution in [0.25, 0.3) is 0 Å². The molecule has 1 spiro atoms. The molecule has 3 heteroatoms. The summed E-state index contributed by atoms with van der Waals surface area (Å²) in [6.45, 7) is 3.00. The lowest BCUT2D eigenvalue weighted by molar-refractivity contribution is -0.120. The van der Waals surface area contributed by atoms with Gasteiger partial charge in [-0.1, -0.05) is 19.3 Å². The summed E-state index contributed by atoms with van der Waals surface area (Å²) >= 11 is 0. The zero-order valence-corrected chi connectivity index (χ0v) is 12.5. The predicted molar refractivity (Wildman–Crippen MR) is 80.4 cm³/mol. The lowest BCUT2D eigenvalue weighted by Gasteiger charge is -2.45. The molecule has 3 rings (SSSR count). The monoisotopic (exact) mass is 274 g/mol. The largest absolute Gasteiger partial charge is 0.375 e. The van der Waals surface area contributed by atoms with Gasteiger partial charge in [0.1, 0.15) is 0 Å². The van der Waals surface area contributed by atoms with Crippen molar-refractivity contribution in [3.63, 3.8) is 0 Å². The van der Waals surface area contributed by atoms with E-state index in [1.807, 2.05) is 12.4 Å². The molecule has 2 heterocycles. The summed E-state index contributed by atoms with van der Waals surface area (Å²) in [7, 11) is 0. The van der Waals surface area contributed by atoms with Crippen molar-refractivity contribution in [3.8, 4) is 0 Å². The lowest BCUT2D eigenvalue weighted by Crippen LogP contribution is -2.44. The van der Waals surface area contributed by atoms with Crippen molar-refractivity contribution in [2.75, 3.05) is 6.61 Å². The van der Waals surface area contributed by atoms with E-state index in [0.717, 1.165) is 19.4 Å². The Morgan fingerprint density at radius 2 is 2.15 bits per heavy atom. The van der Waals surface area contributed by atoms with Gasteiger partial charge in [-0.25, -0.2) is 0 Å².